The summed E-state index contributed by atoms with van der Waals surface area (Å²) < 4.78 is 7.96. The highest BCUT2D eigenvalue weighted by atomic mass is 79.9. The molecule has 4 nitrogen and oxygen atoms in total. The number of para-hydroxylation sites is 1. The monoisotopic (exact) mass is 337 g/mol. The first-order chi connectivity index (χ1) is 9.81. The fourth-order valence-electron chi connectivity index (χ4n) is 1.98. The van der Waals surface area contributed by atoms with Crippen molar-refractivity contribution in [2.75, 3.05) is 26.8 Å². The number of nitrogens with one attached hydrogen (secondary N) is 1. The van der Waals surface area contributed by atoms with E-state index in [1.807, 2.05) is 35.1 Å². The van der Waals surface area contributed by atoms with E-state index < -0.39 is 0 Å². The molecule has 5 heteroatoms. The minimum absolute atomic E-state index is 0.764. The molecule has 1 N–H and O–H groups in total. The van der Waals surface area contributed by atoms with E-state index in [0.29, 0.717) is 0 Å². The van der Waals surface area contributed by atoms with E-state index in [4.69, 9.17) is 4.74 Å². The lowest BCUT2D eigenvalue weighted by Crippen LogP contribution is -2.20. The normalized spacial score (nSPS) is 10.9. The summed E-state index contributed by atoms with van der Waals surface area (Å²) in [5.74, 6) is 0. The van der Waals surface area contributed by atoms with E-state index in [0.717, 1.165) is 42.7 Å². The Kier molecular flexibility index (Phi) is 6.24. The third kappa shape index (κ3) is 4.44. The maximum Gasteiger partial charge on any atom is 0.0787 e. The smallest absolute Gasteiger partial charge is 0.0787 e. The lowest BCUT2D eigenvalue weighted by Gasteiger charge is -2.04. The Morgan fingerprint density at radius 3 is 2.95 bits per heavy atom. The molecule has 0 bridgehead atoms. The number of hydrogen-bond acceptors (Lipinski definition) is 3. The van der Waals surface area contributed by atoms with Gasteiger partial charge in [-0.05, 0) is 53.0 Å². The van der Waals surface area contributed by atoms with Crippen molar-refractivity contribution in [2.24, 2.45) is 0 Å². The summed E-state index contributed by atoms with van der Waals surface area (Å²) in [5, 5.41) is 7.77. The molecule has 0 atom stereocenters. The van der Waals surface area contributed by atoms with Gasteiger partial charge in [-0.15, -0.1) is 0 Å². The molecule has 2 aromatic rings. The molecule has 0 unspecified atom stereocenters. The Labute approximate surface area is 128 Å². The van der Waals surface area contributed by atoms with Gasteiger partial charge in [0.25, 0.3) is 0 Å². The van der Waals surface area contributed by atoms with Crippen LogP contribution in [0.3, 0.4) is 0 Å². The predicted molar refractivity (Wildman–Crippen MR) is 84.3 cm³/mol. The SMILES string of the molecule is COCCNCCCc1cnn(-c2ccccc2Br)c1. The Bertz CT molecular complexity index is 527. The second-order valence-corrected chi connectivity index (χ2v) is 5.45. The molecule has 0 aliphatic carbocycles. The molecule has 1 aromatic heterocycles. The van der Waals surface area contributed by atoms with Gasteiger partial charge in [0, 0.05) is 24.3 Å². The summed E-state index contributed by atoms with van der Waals surface area (Å²) in [6.45, 7) is 2.68. The number of methoxy groups -OCH3 is 1. The third-order valence-electron chi connectivity index (χ3n) is 3.04. The van der Waals surface area contributed by atoms with Crippen LogP contribution in [0.4, 0.5) is 0 Å². The van der Waals surface area contributed by atoms with E-state index in [-0.39, 0.29) is 0 Å². The number of ether oxygens (including phenoxy) is 1. The topological polar surface area (TPSA) is 39.1 Å². The second kappa shape index (κ2) is 8.19. The van der Waals surface area contributed by atoms with Crippen LogP contribution in [0.5, 0.6) is 0 Å². The minimum atomic E-state index is 0.764. The van der Waals surface area contributed by atoms with Gasteiger partial charge in [0.1, 0.15) is 0 Å². The lowest BCUT2D eigenvalue weighted by atomic mass is 10.2. The van der Waals surface area contributed by atoms with Crippen molar-refractivity contribution in [3.63, 3.8) is 0 Å². The van der Waals surface area contributed by atoms with Crippen LogP contribution in [0, 0.1) is 0 Å². The van der Waals surface area contributed by atoms with Gasteiger partial charge in [-0.1, -0.05) is 12.1 Å². The van der Waals surface area contributed by atoms with E-state index in [1.165, 1.54) is 5.56 Å². The average molecular weight is 338 g/mol. The number of aryl methyl sites for hydroxylation is 1. The van der Waals surface area contributed by atoms with Crippen LogP contribution in [-0.2, 0) is 11.2 Å². The first-order valence-corrected chi connectivity index (χ1v) is 7.58. The van der Waals surface area contributed by atoms with Crippen LogP contribution in [-0.4, -0.2) is 36.6 Å². The van der Waals surface area contributed by atoms with Gasteiger partial charge in [-0.25, -0.2) is 4.68 Å². The molecule has 0 aliphatic heterocycles. The van der Waals surface area contributed by atoms with E-state index in [1.54, 1.807) is 7.11 Å². The zero-order chi connectivity index (χ0) is 14.2. The Balaban J connectivity index is 1.82. The zero-order valence-electron chi connectivity index (χ0n) is 11.7. The van der Waals surface area contributed by atoms with Crippen molar-refractivity contribution < 1.29 is 4.74 Å². The Morgan fingerprint density at radius 2 is 2.15 bits per heavy atom. The number of benzene rings is 1. The number of halogens is 1. The summed E-state index contributed by atoms with van der Waals surface area (Å²) in [6, 6.07) is 8.09. The molecular weight excluding hydrogens is 318 g/mol. The number of nitrogens with zero attached hydrogens (tertiary/aromatic N) is 2. The van der Waals surface area contributed by atoms with Crippen LogP contribution in [0.25, 0.3) is 5.69 Å². The van der Waals surface area contributed by atoms with Crippen molar-refractivity contribution in [3.05, 3.63) is 46.7 Å². The largest absolute Gasteiger partial charge is 0.383 e. The molecule has 2 rings (SSSR count). The van der Waals surface area contributed by atoms with Crippen molar-refractivity contribution in [3.8, 4) is 5.69 Å². The van der Waals surface area contributed by atoms with E-state index in [9.17, 15) is 0 Å². The van der Waals surface area contributed by atoms with Crippen molar-refractivity contribution in [2.45, 2.75) is 12.8 Å². The fraction of sp³-hybridized carbons (Fsp3) is 0.400. The van der Waals surface area contributed by atoms with Gasteiger partial charge in [-0.2, -0.15) is 5.10 Å². The average Bonchev–Trinajstić information content (AvgIpc) is 2.92. The predicted octanol–water partition coefficient (Wildman–Crippen LogP) is 2.80. The molecular formula is C15H20BrN3O. The molecule has 1 aromatic carbocycles. The summed E-state index contributed by atoms with van der Waals surface area (Å²) in [4.78, 5) is 0. The highest BCUT2D eigenvalue weighted by molar-refractivity contribution is 9.10. The molecule has 0 spiro atoms. The van der Waals surface area contributed by atoms with Crippen molar-refractivity contribution in [1.29, 1.82) is 0 Å². The van der Waals surface area contributed by atoms with Gasteiger partial charge >= 0.3 is 0 Å². The number of hydrogen-bond donors (Lipinski definition) is 1. The molecule has 0 saturated heterocycles. The van der Waals surface area contributed by atoms with E-state index in [2.05, 4.69) is 32.5 Å². The zero-order valence-corrected chi connectivity index (χ0v) is 13.3. The van der Waals surface area contributed by atoms with Gasteiger partial charge < -0.3 is 10.1 Å². The molecule has 20 heavy (non-hydrogen) atoms. The molecule has 0 radical (unpaired) electrons. The highest BCUT2D eigenvalue weighted by Crippen LogP contribution is 2.20. The maximum atomic E-state index is 4.99. The number of rotatable bonds is 8. The molecule has 0 saturated carbocycles. The van der Waals surface area contributed by atoms with Gasteiger partial charge in [0.2, 0.25) is 0 Å². The molecule has 0 amide bonds. The molecule has 0 fully saturated rings. The van der Waals surface area contributed by atoms with Crippen LogP contribution in [0.15, 0.2) is 41.1 Å². The maximum absolute atomic E-state index is 4.99. The van der Waals surface area contributed by atoms with Crippen LogP contribution < -0.4 is 5.32 Å². The van der Waals surface area contributed by atoms with Crippen LogP contribution in [0.2, 0.25) is 0 Å². The van der Waals surface area contributed by atoms with Gasteiger partial charge in [0.15, 0.2) is 0 Å². The first-order valence-electron chi connectivity index (χ1n) is 6.79. The first kappa shape index (κ1) is 15.2. The van der Waals surface area contributed by atoms with Crippen molar-refractivity contribution >= 4 is 15.9 Å². The number of aromatic nitrogens is 2. The van der Waals surface area contributed by atoms with Gasteiger partial charge in [-0.3, -0.25) is 0 Å². The third-order valence-corrected chi connectivity index (χ3v) is 3.71. The quantitative estimate of drug-likeness (QED) is 0.753. The van der Waals surface area contributed by atoms with Gasteiger partial charge in [0.05, 0.1) is 18.5 Å². The fourth-order valence-corrected chi connectivity index (χ4v) is 2.44. The highest BCUT2D eigenvalue weighted by Gasteiger charge is 2.04. The Morgan fingerprint density at radius 1 is 1.30 bits per heavy atom. The lowest BCUT2D eigenvalue weighted by molar-refractivity contribution is 0.199. The minimum Gasteiger partial charge on any atom is -0.383 e. The summed E-state index contributed by atoms with van der Waals surface area (Å²) >= 11 is 3.55. The summed E-state index contributed by atoms with van der Waals surface area (Å²) in [7, 11) is 1.72. The van der Waals surface area contributed by atoms with E-state index >= 15 is 0 Å². The molecule has 0 aliphatic rings. The second-order valence-electron chi connectivity index (χ2n) is 4.59. The molecule has 1 heterocycles. The summed E-state index contributed by atoms with van der Waals surface area (Å²) in [5.41, 5.74) is 2.33. The standard InChI is InChI=1S/C15H20BrN3O/c1-20-10-9-17-8-4-5-13-11-18-19(12-13)15-7-3-2-6-14(15)16/h2-3,6-7,11-12,17H,4-5,8-10H2,1H3. The van der Waals surface area contributed by atoms with Crippen molar-refractivity contribution in [1.82, 2.24) is 15.1 Å². The Hall–Kier alpha value is -1.17. The van der Waals surface area contributed by atoms with Crippen LogP contribution in [0.1, 0.15) is 12.0 Å². The molecule has 108 valence electrons. The van der Waals surface area contributed by atoms with Crippen LogP contribution >= 0.6 is 15.9 Å². The summed E-state index contributed by atoms with van der Waals surface area (Å²) in [6.07, 6.45) is 6.17.